The van der Waals surface area contributed by atoms with Crippen LogP contribution in [-0.4, -0.2) is 9.79 Å². The molecule has 0 aromatic heterocycles. The molecule has 1 N–H and O–H groups in total. The van der Waals surface area contributed by atoms with Crippen molar-refractivity contribution in [3.05, 3.63) is 68.8 Å². The number of anilines is 1. The Morgan fingerprint density at radius 1 is 1.27 bits per heavy atom. The van der Waals surface area contributed by atoms with E-state index in [9.17, 15) is 10.1 Å². The number of benzene rings is 1. The zero-order chi connectivity index (χ0) is 16.3. The summed E-state index contributed by atoms with van der Waals surface area (Å²) in [5.74, 6) is 0. The Kier molecular flexibility index (Phi) is 5.21. The van der Waals surface area contributed by atoms with E-state index in [0.29, 0.717) is 0 Å². The molecule has 0 aliphatic carbocycles. The summed E-state index contributed by atoms with van der Waals surface area (Å²) < 4.78 is 0. The highest BCUT2D eigenvalue weighted by molar-refractivity contribution is 8.38. The fourth-order valence-electron chi connectivity index (χ4n) is 1.90. The van der Waals surface area contributed by atoms with Crippen LogP contribution < -0.4 is 5.32 Å². The maximum atomic E-state index is 10.6. The van der Waals surface area contributed by atoms with Crippen molar-refractivity contribution in [2.75, 3.05) is 5.32 Å². The summed E-state index contributed by atoms with van der Waals surface area (Å²) in [7, 11) is 6.08. The smallest absolute Gasteiger partial charge is 0.269 e. The van der Waals surface area contributed by atoms with E-state index < -0.39 is 14.6 Å². The molecule has 0 fully saturated rings. The Labute approximate surface area is 136 Å². The molecule has 1 heterocycles. The minimum Gasteiger partial charge on any atom is -0.361 e. The summed E-state index contributed by atoms with van der Waals surface area (Å²) in [6, 6.07) is 6.31. The van der Waals surface area contributed by atoms with Crippen LogP contribution in [0.1, 0.15) is 20.8 Å². The molecule has 22 heavy (non-hydrogen) atoms. The van der Waals surface area contributed by atoms with Crippen molar-refractivity contribution in [3.63, 3.8) is 0 Å². The first kappa shape index (κ1) is 16.5. The SMILES string of the molecule is CC1=C(C)S(Cl)=C(/C(C)=C/Nc2ccc([N+](=O)[O-])cc2)C=C1. The lowest BCUT2D eigenvalue weighted by atomic mass is 10.1. The number of rotatable bonds is 4. The number of hydrogen-bond donors (Lipinski definition) is 1. The van der Waals surface area contributed by atoms with Gasteiger partial charge in [0.2, 0.25) is 0 Å². The molecular weight excluding hydrogens is 320 g/mol. The van der Waals surface area contributed by atoms with Crippen molar-refractivity contribution >= 4 is 36.6 Å². The molecule has 1 aliphatic rings. The van der Waals surface area contributed by atoms with E-state index in [4.69, 9.17) is 10.7 Å². The van der Waals surface area contributed by atoms with Crippen molar-refractivity contribution in [2.24, 2.45) is 0 Å². The first-order valence-corrected chi connectivity index (χ1v) is 8.76. The highest BCUT2D eigenvalue weighted by atomic mass is 35.7. The molecule has 116 valence electrons. The van der Waals surface area contributed by atoms with E-state index in [1.54, 1.807) is 12.1 Å². The monoisotopic (exact) mass is 336 g/mol. The third-order valence-corrected chi connectivity index (χ3v) is 6.32. The summed E-state index contributed by atoms with van der Waals surface area (Å²) in [5.41, 5.74) is 3.12. The van der Waals surface area contributed by atoms with Crippen LogP contribution in [0.2, 0.25) is 0 Å². The Balaban J connectivity index is 2.17. The second-order valence-electron chi connectivity index (χ2n) is 4.97. The normalized spacial score (nSPS) is 18.6. The number of nitro groups is 1. The highest BCUT2D eigenvalue weighted by Crippen LogP contribution is 2.38. The maximum absolute atomic E-state index is 10.6. The van der Waals surface area contributed by atoms with Crippen molar-refractivity contribution in [1.82, 2.24) is 0 Å². The third-order valence-electron chi connectivity index (χ3n) is 3.42. The van der Waals surface area contributed by atoms with Gasteiger partial charge >= 0.3 is 0 Å². The first-order chi connectivity index (χ1) is 10.4. The van der Waals surface area contributed by atoms with Crippen LogP contribution in [0.15, 0.2) is 58.7 Å². The van der Waals surface area contributed by atoms with Crippen molar-refractivity contribution in [3.8, 4) is 0 Å². The zero-order valence-corrected chi connectivity index (χ0v) is 14.2. The average Bonchev–Trinajstić information content (AvgIpc) is 2.51. The van der Waals surface area contributed by atoms with E-state index >= 15 is 0 Å². The second kappa shape index (κ2) is 6.94. The van der Waals surface area contributed by atoms with Gasteiger partial charge in [0.15, 0.2) is 0 Å². The Hall–Kier alpha value is -1.85. The van der Waals surface area contributed by atoms with Gasteiger partial charge in [-0.1, -0.05) is 15.8 Å². The average molecular weight is 337 g/mol. The number of non-ortho nitro benzene ring substituents is 1. The van der Waals surface area contributed by atoms with Gasteiger partial charge in [-0.3, -0.25) is 10.1 Å². The van der Waals surface area contributed by atoms with Gasteiger partial charge in [-0.05, 0) is 65.7 Å². The molecule has 1 unspecified atom stereocenters. The molecule has 6 heteroatoms. The second-order valence-corrected chi connectivity index (χ2v) is 7.46. The number of nitro benzene ring substituents is 1. The molecular formula is C16H17ClN2O2S. The number of nitrogens with zero attached hydrogens (tertiary/aromatic N) is 1. The van der Waals surface area contributed by atoms with E-state index in [1.807, 2.05) is 26.1 Å². The van der Waals surface area contributed by atoms with Crippen LogP contribution in [0.25, 0.3) is 0 Å². The van der Waals surface area contributed by atoms with Crippen LogP contribution >= 0.6 is 20.4 Å². The highest BCUT2D eigenvalue weighted by Gasteiger charge is 2.11. The molecule has 4 nitrogen and oxygen atoms in total. The van der Waals surface area contributed by atoms with Crippen LogP contribution in [0.4, 0.5) is 11.4 Å². The van der Waals surface area contributed by atoms with E-state index in [-0.39, 0.29) is 5.69 Å². The lowest BCUT2D eigenvalue weighted by molar-refractivity contribution is -0.384. The minimum atomic E-state index is -0.417. The molecule has 1 aromatic rings. The fraction of sp³-hybridized carbons (Fsp3) is 0.188. The standard InChI is InChI=1S/C16H17ClN2O2S/c1-11-4-9-16(22(17)13(11)3)12(2)10-18-14-5-7-15(8-6-14)19(20)21/h4-10,18H,1-3H3/b12-10+. The lowest BCUT2D eigenvalue weighted by Gasteiger charge is -2.15. The van der Waals surface area contributed by atoms with Gasteiger partial charge in [0.05, 0.1) is 4.92 Å². The number of nitrogens with one attached hydrogen (secondary N) is 1. The van der Waals surface area contributed by atoms with E-state index in [2.05, 4.69) is 18.3 Å². The van der Waals surface area contributed by atoms with Gasteiger partial charge in [0.1, 0.15) is 0 Å². The molecule has 0 saturated carbocycles. The van der Waals surface area contributed by atoms with Gasteiger partial charge in [-0.15, -0.1) is 0 Å². The maximum Gasteiger partial charge on any atom is 0.269 e. The summed E-state index contributed by atoms with van der Waals surface area (Å²) in [5, 5.41) is 13.8. The van der Waals surface area contributed by atoms with Crippen LogP contribution in [0.5, 0.6) is 0 Å². The molecule has 1 aliphatic heterocycles. The Morgan fingerprint density at radius 2 is 1.91 bits per heavy atom. The predicted molar refractivity (Wildman–Crippen MR) is 96.4 cm³/mol. The Morgan fingerprint density at radius 3 is 2.50 bits per heavy atom. The fourth-order valence-corrected chi connectivity index (χ4v) is 3.99. The third kappa shape index (κ3) is 3.67. The van der Waals surface area contributed by atoms with Gasteiger partial charge in [-0.2, -0.15) is 0 Å². The quantitative estimate of drug-likeness (QED) is 0.348. The van der Waals surface area contributed by atoms with Crippen LogP contribution in [0.3, 0.4) is 0 Å². The van der Waals surface area contributed by atoms with Crippen molar-refractivity contribution < 1.29 is 4.92 Å². The molecule has 2 rings (SSSR count). The van der Waals surface area contributed by atoms with Crippen LogP contribution in [-0.2, 0) is 0 Å². The van der Waals surface area contributed by atoms with Gasteiger partial charge in [0.25, 0.3) is 5.69 Å². The molecule has 0 spiro atoms. The summed E-state index contributed by atoms with van der Waals surface area (Å²) in [6.45, 7) is 6.10. The number of hydrogen-bond acceptors (Lipinski definition) is 3. The Bertz CT molecular complexity index is 731. The molecule has 0 bridgehead atoms. The molecule has 0 amide bonds. The predicted octanol–water partition coefficient (Wildman–Crippen LogP) is 5.37. The topological polar surface area (TPSA) is 55.2 Å². The van der Waals surface area contributed by atoms with Gasteiger partial charge < -0.3 is 5.32 Å². The minimum absolute atomic E-state index is 0.0781. The largest absolute Gasteiger partial charge is 0.361 e. The van der Waals surface area contributed by atoms with Gasteiger partial charge in [-0.25, -0.2) is 0 Å². The van der Waals surface area contributed by atoms with Gasteiger partial charge in [0, 0.05) is 28.9 Å². The van der Waals surface area contributed by atoms with Crippen molar-refractivity contribution in [2.45, 2.75) is 20.8 Å². The first-order valence-electron chi connectivity index (χ1n) is 6.71. The summed E-state index contributed by atoms with van der Waals surface area (Å²) in [4.78, 5) is 12.5. The number of allylic oxidation sites excluding steroid dienone is 5. The molecule has 0 radical (unpaired) electrons. The molecule has 1 aromatic carbocycles. The zero-order valence-electron chi connectivity index (χ0n) is 12.6. The summed E-state index contributed by atoms with van der Waals surface area (Å²) >= 11 is 0. The van der Waals surface area contributed by atoms with E-state index in [1.165, 1.54) is 22.6 Å². The number of halogens is 1. The lowest BCUT2D eigenvalue weighted by Crippen LogP contribution is -2.02. The molecule has 0 saturated heterocycles. The van der Waals surface area contributed by atoms with E-state index in [0.717, 1.165) is 16.1 Å². The molecule has 1 atom stereocenters. The van der Waals surface area contributed by atoms with Crippen LogP contribution in [0, 0.1) is 10.1 Å². The summed E-state index contributed by atoms with van der Waals surface area (Å²) in [6.07, 6.45) is 5.98. The van der Waals surface area contributed by atoms with Crippen molar-refractivity contribution in [1.29, 1.82) is 0 Å².